The van der Waals surface area contributed by atoms with Gasteiger partial charge < -0.3 is 12.4 Å². The molecule has 0 bridgehead atoms. The van der Waals surface area contributed by atoms with Crippen LogP contribution in [0, 0.1) is 6.92 Å². The van der Waals surface area contributed by atoms with Crippen LogP contribution in [0.1, 0.15) is 23.6 Å². The molecular formula is C15H18ClN. The van der Waals surface area contributed by atoms with Gasteiger partial charge >= 0.3 is 0 Å². The number of nitrogens with zero attached hydrogens (tertiary/aromatic N) is 1. The van der Waals surface area contributed by atoms with Crippen LogP contribution in [-0.4, -0.2) is 0 Å². The van der Waals surface area contributed by atoms with Crippen LogP contribution >= 0.6 is 0 Å². The predicted molar refractivity (Wildman–Crippen MR) is 66.3 cm³/mol. The van der Waals surface area contributed by atoms with Crippen LogP contribution in [0.3, 0.4) is 0 Å². The lowest BCUT2D eigenvalue weighted by Gasteiger charge is -2.02. The van der Waals surface area contributed by atoms with Gasteiger partial charge in [-0.15, -0.1) is 0 Å². The highest BCUT2D eigenvalue weighted by atomic mass is 35.5. The van der Waals surface area contributed by atoms with E-state index in [1.54, 1.807) is 0 Å². The molecule has 0 saturated heterocycles. The fraction of sp³-hybridized carbons (Fsp3) is 0.267. The van der Waals surface area contributed by atoms with Crippen molar-refractivity contribution in [1.82, 2.24) is 0 Å². The Morgan fingerprint density at radius 3 is 2.41 bits per heavy atom. The van der Waals surface area contributed by atoms with Gasteiger partial charge in [-0.3, -0.25) is 0 Å². The molecule has 1 aromatic heterocycles. The van der Waals surface area contributed by atoms with E-state index in [4.69, 9.17) is 0 Å². The predicted octanol–water partition coefficient (Wildman–Crippen LogP) is -0.103. The fourth-order valence-corrected chi connectivity index (χ4v) is 1.92. The summed E-state index contributed by atoms with van der Waals surface area (Å²) in [5.74, 6) is 0. The van der Waals surface area contributed by atoms with Crippen molar-refractivity contribution < 1.29 is 17.0 Å². The molecule has 0 aliphatic rings. The molecule has 90 valence electrons. The Hall–Kier alpha value is -1.34. The quantitative estimate of drug-likeness (QED) is 0.667. The second kappa shape index (κ2) is 6.41. The summed E-state index contributed by atoms with van der Waals surface area (Å²) in [5.41, 5.74) is 4.16. The Balaban J connectivity index is 0.00000144. The fourth-order valence-electron chi connectivity index (χ4n) is 1.92. The number of benzene rings is 1. The maximum Gasteiger partial charge on any atom is 0.173 e. The first kappa shape index (κ1) is 13.7. The van der Waals surface area contributed by atoms with Gasteiger partial charge in [-0.25, -0.2) is 4.57 Å². The average molecular weight is 248 g/mol. The molecule has 0 spiro atoms. The van der Waals surface area contributed by atoms with E-state index >= 15 is 0 Å². The first-order valence-electron chi connectivity index (χ1n) is 5.82. The summed E-state index contributed by atoms with van der Waals surface area (Å²) in [5, 5.41) is 0. The Kier molecular flexibility index (Phi) is 5.17. The Labute approximate surface area is 110 Å². The highest BCUT2D eigenvalue weighted by Crippen LogP contribution is 2.05. The van der Waals surface area contributed by atoms with Gasteiger partial charge in [0.25, 0.3) is 0 Å². The highest BCUT2D eigenvalue weighted by molar-refractivity contribution is 5.19. The van der Waals surface area contributed by atoms with E-state index in [0.29, 0.717) is 0 Å². The van der Waals surface area contributed by atoms with Gasteiger partial charge in [0.15, 0.2) is 18.9 Å². The third kappa shape index (κ3) is 3.57. The molecule has 0 aliphatic heterocycles. The van der Waals surface area contributed by atoms with Gasteiger partial charge in [0.05, 0.1) is 0 Å². The van der Waals surface area contributed by atoms with Crippen molar-refractivity contribution in [2.45, 2.75) is 26.8 Å². The Morgan fingerprint density at radius 2 is 1.76 bits per heavy atom. The Morgan fingerprint density at radius 1 is 1.06 bits per heavy atom. The standard InChI is InChI=1S/C15H18N.ClH/c1-3-15-12-16(10-9-13(15)2)11-14-7-5-4-6-8-14;/h4-10,12H,3,11H2,1-2H3;1H/q+1;/p-1. The van der Waals surface area contributed by atoms with Gasteiger partial charge in [-0.05, 0) is 18.9 Å². The van der Waals surface area contributed by atoms with Gasteiger partial charge in [0.1, 0.15) is 0 Å². The number of hydrogen-bond donors (Lipinski definition) is 0. The molecule has 2 heteroatoms. The second-order valence-electron chi connectivity index (χ2n) is 4.16. The third-order valence-corrected chi connectivity index (χ3v) is 2.93. The smallest absolute Gasteiger partial charge is 0.173 e. The normalized spacial score (nSPS) is 9.76. The molecule has 0 N–H and O–H groups in total. The molecule has 0 aliphatic carbocycles. The Bertz CT molecular complexity index is 466. The lowest BCUT2D eigenvalue weighted by atomic mass is 10.1. The van der Waals surface area contributed by atoms with Crippen molar-refractivity contribution in [3.8, 4) is 0 Å². The maximum atomic E-state index is 2.25. The summed E-state index contributed by atoms with van der Waals surface area (Å²) in [6.45, 7) is 5.33. The topological polar surface area (TPSA) is 3.88 Å². The van der Waals surface area contributed by atoms with Crippen LogP contribution in [0.5, 0.6) is 0 Å². The maximum absolute atomic E-state index is 2.25. The first-order chi connectivity index (χ1) is 7.79. The van der Waals surface area contributed by atoms with Gasteiger partial charge in [-0.2, -0.15) is 0 Å². The van der Waals surface area contributed by atoms with Crippen molar-refractivity contribution in [2.75, 3.05) is 0 Å². The lowest BCUT2D eigenvalue weighted by molar-refractivity contribution is -0.688. The minimum atomic E-state index is 0. The number of hydrogen-bond acceptors (Lipinski definition) is 0. The molecular weight excluding hydrogens is 230 g/mol. The van der Waals surface area contributed by atoms with Gasteiger partial charge in [0, 0.05) is 17.2 Å². The van der Waals surface area contributed by atoms with Crippen molar-refractivity contribution >= 4 is 0 Å². The van der Waals surface area contributed by atoms with Crippen LogP contribution in [0.4, 0.5) is 0 Å². The van der Waals surface area contributed by atoms with E-state index in [1.165, 1.54) is 16.7 Å². The average Bonchev–Trinajstić information content (AvgIpc) is 2.33. The molecule has 1 nitrogen and oxygen atoms in total. The molecule has 1 aromatic carbocycles. The molecule has 2 aromatic rings. The van der Waals surface area contributed by atoms with Crippen molar-refractivity contribution in [2.24, 2.45) is 0 Å². The van der Waals surface area contributed by atoms with Crippen molar-refractivity contribution in [3.63, 3.8) is 0 Å². The van der Waals surface area contributed by atoms with Crippen molar-refractivity contribution in [1.29, 1.82) is 0 Å². The summed E-state index contributed by atoms with van der Waals surface area (Å²) in [6.07, 6.45) is 5.51. The minimum Gasteiger partial charge on any atom is -1.00 e. The zero-order valence-corrected chi connectivity index (χ0v) is 11.1. The van der Waals surface area contributed by atoms with Crippen LogP contribution in [0.15, 0.2) is 48.8 Å². The van der Waals surface area contributed by atoms with E-state index in [1.807, 2.05) is 0 Å². The zero-order chi connectivity index (χ0) is 11.4. The number of rotatable bonds is 3. The summed E-state index contributed by atoms with van der Waals surface area (Å²) < 4.78 is 2.25. The minimum absolute atomic E-state index is 0. The molecule has 17 heavy (non-hydrogen) atoms. The highest BCUT2D eigenvalue weighted by Gasteiger charge is 2.05. The van der Waals surface area contributed by atoms with E-state index < -0.39 is 0 Å². The molecule has 2 rings (SSSR count). The van der Waals surface area contributed by atoms with Crippen LogP contribution in [-0.2, 0) is 13.0 Å². The van der Waals surface area contributed by atoms with Crippen LogP contribution < -0.4 is 17.0 Å². The monoisotopic (exact) mass is 247 g/mol. The molecule has 0 radical (unpaired) electrons. The lowest BCUT2D eigenvalue weighted by Crippen LogP contribution is -3.00. The summed E-state index contributed by atoms with van der Waals surface area (Å²) in [7, 11) is 0. The van der Waals surface area contributed by atoms with Gasteiger partial charge in [-0.1, -0.05) is 37.3 Å². The SMILES string of the molecule is CCc1c[n+](Cc2ccccc2)ccc1C.[Cl-]. The number of aromatic nitrogens is 1. The summed E-state index contributed by atoms with van der Waals surface area (Å²) >= 11 is 0. The third-order valence-electron chi connectivity index (χ3n) is 2.93. The van der Waals surface area contributed by atoms with Gasteiger partial charge in [0.2, 0.25) is 0 Å². The number of pyridine rings is 1. The number of halogens is 1. The summed E-state index contributed by atoms with van der Waals surface area (Å²) in [6, 6.07) is 12.8. The molecule has 1 heterocycles. The van der Waals surface area contributed by atoms with E-state index in [2.05, 4.69) is 67.2 Å². The molecule has 0 atom stereocenters. The molecule has 0 unspecified atom stereocenters. The molecule has 0 fully saturated rings. The van der Waals surface area contributed by atoms with E-state index in [-0.39, 0.29) is 12.4 Å². The van der Waals surface area contributed by atoms with E-state index in [9.17, 15) is 0 Å². The zero-order valence-electron chi connectivity index (χ0n) is 10.4. The van der Waals surface area contributed by atoms with Crippen LogP contribution in [0.25, 0.3) is 0 Å². The molecule has 0 saturated carbocycles. The largest absolute Gasteiger partial charge is 1.00 e. The van der Waals surface area contributed by atoms with E-state index in [0.717, 1.165) is 13.0 Å². The first-order valence-corrected chi connectivity index (χ1v) is 5.82. The summed E-state index contributed by atoms with van der Waals surface area (Å²) in [4.78, 5) is 0. The second-order valence-corrected chi connectivity index (χ2v) is 4.16. The van der Waals surface area contributed by atoms with Crippen LogP contribution in [0.2, 0.25) is 0 Å². The molecule has 0 amide bonds. The van der Waals surface area contributed by atoms with Crippen molar-refractivity contribution in [3.05, 3.63) is 65.5 Å². The number of aryl methyl sites for hydroxylation is 2.